The summed E-state index contributed by atoms with van der Waals surface area (Å²) in [6.45, 7) is 6.28. The van der Waals surface area contributed by atoms with Gasteiger partial charge in [0, 0.05) is 42.5 Å². The number of pyridine rings is 1. The van der Waals surface area contributed by atoms with Crippen molar-refractivity contribution in [1.29, 1.82) is 0 Å². The van der Waals surface area contributed by atoms with Crippen LogP contribution in [-0.2, 0) is 5.75 Å². The molecule has 4 rings (SSSR count). The molecule has 0 atom stereocenters. The Balaban J connectivity index is 1.43. The molecule has 0 amide bonds. The lowest BCUT2D eigenvalue weighted by molar-refractivity contribution is 0.466. The Hall–Kier alpha value is -2.80. The Morgan fingerprint density at radius 3 is 2.59 bits per heavy atom. The zero-order chi connectivity index (χ0) is 18.6. The topological polar surface area (TPSA) is 59.5 Å². The van der Waals surface area contributed by atoms with Crippen molar-refractivity contribution < 1.29 is 4.42 Å². The minimum absolute atomic E-state index is 0.540. The number of benzene rings is 1. The average Bonchev–Trinajstić information content (AvgIpc) is 3.34. The van der Waals surface area contributed by atoms with Gasteiger partial charge in [-0.1, -0.05) is 17.8 Å². The van der Waals surface area contributed by atoms with Gasteiger partial charge in [-0.05, 0) is 50.2 Å². The highest BCUT2D eigenvalue weighted by atomic mass is 32.2. The molecule has 0 spiro atoms. The van der Waals surface area contributed by atoms with E-state index in [1.165, 1.54) is 17.4 Å². The van der Waals surface area contributed by atoms with Crippen LogP contribution in [0.3, 0.4) is 0 Å². The number of anilines is 1. The second-order valence-corrected chi connectivity index (χ2v) is 7.01. The molecule has 1 aromatic carbocycles. The highest BCUT2D eigenvalue weighted by Crippen LogP contribution is 2.27. The van der Waals surface area contributed by atoms with E-state index in [0.29, 0.717) is 16.9 Å². The van der Waals surface area contributed by atoms with Gasteiger partial charge >= 0.3 is 0 Å². The van der Waals surface area contributed by atoms with Crippen LogP contribution in [0.4, 0.5) is 5.69 Å². The van der Waals surface area contributed by atoms with Crippen molar-refractivity contribution >= 4 is 23.1 Å². The second kappa shape index (κ2) is 7.84. The molecule has 4 aromatic rings. The number of nitrogens with zero attached hydrogens (tertiary/aromatic N) is 5. The summed E-state index contributed by atoms with van der Waals surface area (Å²) in [5, 5.41) is 8.88. The Morgan fingerprint density at radius 1 is 1.04 bits per heavy atom. The minimum atomic E-state index is 0.540. The molecule has 3 heterocycles. The highest BCUT2D eigenvalue weighted by Gasteiger charge is 2.11. The van der Waals surface area contributed by atoms with Gasteiger partial charge in [0.2, 0.25) is 5.89 Å². The molecular formula is C20H21N5OS. The third-order valence-electron chi connectivity index (χ3n) is 4.41. The predicted octanol–water partition coefficient (Wildman–Crippen LogP) is 4.52. The monoisotopic (exact) mass is 379 g/mol. The van der Waals surface area contributed by atoms with Gasteiger partial charge in [0.05, 0.1) is 5.69 Å². The van der Waals surface area contributed by atoms with Gasteiger partial charge in [-0.25, -0.2) is 4.98 Å². The molecule has 0 radical (unpaired) electrons. The maximum atomic E-state index is 5.81. The molecule has 0 aliphatic heterocycles. The number of aromatic nitrogens is 4. The second-order valence-electron chi connectivity index (χ2n) is 6.08. The van der Waals surface area contributed by atoms with Crippen LogP contribution in [-0.4, -0.2) is 32.7 Å². The fraction of sp³-hybridized carbons (Fsp3) is 0.250. The van der Waals surface area contributed by atoms with E-state index in [4.69, 9.17) is 4.42 Å². The van der Waals surface area contributed by atoms with Gasteiger partial charge in [-0.2, -0.15) is 0 Å². The summed E-state index contributed by atoms with van der Waals surface area (Å²) < 4.78 is 7.82. The van der Waals surface area contributed by atoms with Crippen LogP contribution < -0.4 is 4.90 Å². The van der Waals surface area contributed by atoms with Crippen LogP contribution in [0.1, 0.15) is 19.5 Å². The summed E-state index contributed by atoms with van der Waals surface area (Å²) in [7, 11) is 0. The molecule has 0 unspecified atom stereocenters. The lowest BCUT2D eigenvalue weighted by Crippen LogP contribution is -2.21. The lowest BCUT2D eigenvalue weighted by Gasteiger charge is -2.20. The Bertz CT molecular complexity index is 987. The summed E-state index contributed by atoms with van der Waals surface area (Å²) in [4.78, 5) is 6.88. The molecule has 0 fully saturated rings. The van der Waals surface area contributed by atoms with E-state index in [1.54, 1.807) is 0 Å². The average molecular weight is 379 g/mol. The van der Waals surface area contributed by atoms with Crippen LogP contribution in [0.2, 0.25) is 0 Å². The maximum Gasteiger partial charge on any atom is 0.277 e. The van der Waals surface area contributed by atoms with Crippen molar-refractivity contribution in [2.45, 2.75) is 24.8 Å². The van der Waals surface area contributed by atoms with Crippen molar-refractivity contribution in [3.05, 3.63) is 60.6 Å². The van der Waals surface area contributed by atoms with Crippen LogP contribution in [0.15, 0.2) is 64.5 Å². The van der Waals surface area contributed by atoms with Gasteiger partial charge in [0.25, 0.3) is 5.22 Å². The van der Waals surface area contributed by atoms with Gasteiger partial charge in [0.1, 0.15) is 5.65 Å². The van der Waals surface area contributed by atoms with Crippen LogP contribution in [0.25, 0.3) is 17.1 Å². The lowest BCUT2D eigenvalue weighted by atomic mass is 10.2. The van der Waals surface area contributed by atoms with Crippen LogP contribution >= 0.6 is 11.8 Å². The van der Waals surface area contributed by atoms with E-state index in [-0.39, 0.29) is 0 Å². The van der Waals surface area contributed by atoms with Crippen molar-refractivity contribution in [3.8, 4) is 11.5 Å². The summed E-state index contributed by atoms with van der Waals surface area (Å²) in [5.74, 6) is 1.23. The van der Waals surface area contributed by atoms with Gasteiger partial charge in [-0.3, -0.25) is 0 Å². The van der Waals surface area contributed by atoms with Crippen molar-refractivity contribution in [2.75, 3.05) is 18.0 Å². The van der Waals surface area contributed by atoms with E-state index in [2.05, 4.69) is 46.1 Å². The van der Waals surface area contributed by atoms with E-state index < -0.39 is 0 Å². The molecule has 3 aromatic heterocycles. The van der Waals surface area contributed by atoms with E-state index in [1.807, 2.05) is 47.1 Å². The first kappa shape index (κ1) is 17.6. The molecule has 7 heteroatoms. The third kappa shape index (κ3) is 3.83. The van der Waals surface area contributed by atoms with E-state index >= 15 is 0 Å². The smallest absolute Gasteiger partial charge is 0.277 e. The summed E-state index contributed by atoms with van der Waals surface area (Å²) in [5.41, 5.74) is 4.05. The normalized spacial score (nSPS) is 11.2. The Morgan fingerprint density at radius 2 is 1.85 bits per heavy atom. The number of rotatable bonds is 7. The first-order valence-corrected chi connectivity index (χ1v) is 9.99. The number of fused-ring (bicyclic) bond motifs is 1. The molecule has 0 aliphatic rings. The fourth-order valence-corrected chi connectivity index (χ4v) is 3.63. The van der Waals surface area contributed by atoms with Crippen LogP contribution in [0, 0.1) is 0 Å². The predicted molar refractivity (Wildman–Crippen MR) is 108 cm³/mol. The van der Waals surface area contributed by atoms with E-state index in [0.717, 1.165) is 30.0 Å². The molecule has 27 heavy (non-hydrogen) atoms. The molecule has 0 aliphatic carbocycles. The molecule has 0 N–H and O–H groups in total. The standard InChI is InChI=1S/C20H21N5OS/c1-3-24(4-2)17-10-8-15(9-11-17)19-22-23-20(26-19)27-14-16-13-25-12-6-5-7-18(25)21-16/h5-13H,3-4,14H2,1-2H3. The number of hydrogen-bond donors (Lipinski definition) is 0. The third-order valence-corrected chi connectivity index (χ3v) is 5.26. The Kier molecular flexibility index (Phi) is 5.11. The van der Waals surface area contributed by atoms with E-state index in [9.17, 15) is 0 Å². The largest absolute Gasteiger partial charge is 0.411 e. The van der Waals surface area contributed by atoms with Crippen LogP contribution in [0.5, 0.6) is 0 Å². The van der Waals surface area contributed by atoms with Gasteiger partial charge in [-0.15, -0.1) is 10.2 Å². The number of thioether (sulfide) groups is 1. The zero-order valence-corrected chi connectivity index (χ0v) is 16.2. The molecule has 0 saturated heterocycles. The highest BCUT2D eigenvalue weighted by molar-refractivity contribution is 7.98. The SMILES string of the molecule is CCN(CC)c1ccc(-c2nnc(SCc3cn4ccccc4n3)o2)cc1. The molecule has 138 valence electrons. The summed E-state index contributed by atoms with van der Waals surface area (Å²) in [6, 6.07) is 14.2. The molecule has 6 nitrogen and oxygen atoms in total. The van der Waals surface area contributed by atoms with Gasteiger partial charge in [0.15, 0.2) is 0 Å². The quantitative estimate of drug-likeness (QED) is 0.440. The zero-order valence-electron chi connectivity index (χ0n) is 15.4. The van der Waals surface area contributed by atoms with Crippen molar-refractivity contribution in [1.82, 2.24) is 19.6 Å². The maximum absolute atomic E-state index is 5.81. The fourth-order valence-electron chi connectivity index (χ4n) is 2.98. The van der Waals surface area contributed by atoms with Crippen molar-refractivity contribution in [3.63, 3.8) is 0 Å². The first-order chi connectivity index (χ1) is 13.3. The number of imidazole rings is 1. The Labute approximate surface area is 162 Å². The minimum Gasteiger partial charge on any atom is -0.411 e. The van der Waals surface area contributed by atoms with Gasteiger partial charge < -0.3 is 13.7 Å². The molecule has 0 bridgehead atoms. The molecular weight excluding hydrogens is 358 g/mol. The summed E-state index contributed by atoms with van der Waals surface area (Å²) >= 11 is 1.50. The van der Waals surface area contributed by atoms with Crippen molar-refractivity contribution in [2.24, 2.45) is 0 Å². The molecule has 0 saturated carbocycles. The summed E-state index contributed by atoms with van der Waals surface area (Å²) in [6.07, 6.45) is 4.01. The first-order valence-electron chi connectivity index (χ1n) is 9.01. The number of hydrogen-bond acceptors (Lipinski definition) is 6.